The number of carbonyl (C=O) groups excluding carboxylic acids is 1. The number of nitrogens with zero attached hydrogens (tertiary/aromatic N) is 1. The van der Waals surface area contributed by atoms with Crippen LogP contribution in [-0.2, 0) is 18.9 Å². The highest BCUT2D eigenvalue weighted by molar-refractivity contribution is 5.96. The van der Waals surface area contributed by atoms with Crippen LogP contribution in [0.15, 0.2) is 27.9 Å². The lowest BCUT2D eigenvalue weighted by molar-refractivity contribution is -0.200. The molecule has 0 radical (unpaired) electrons. The van der Waals surface area contributed by atoms with Gasteiger partial charge in [-0.25, -0.2) is 9.59 Å². The molecule has 190 valence electrons. The summed E-state index contributed by atoms with van der Waals surface area (Å²) < 4.78 is 53.7. The molecule has 4 rings (SSSR count). The number of rotatable bonds is 7. The molecule has 2 fully saturated rings. The van der Waals surface area contributed by atoms with Gasteiger partial charge < -0.3 is 33.2 Å². The van der Waals surface area contributed by atoms with Gasteiger partial charge in [0.25, 0.3) is 5.56 Å². The van der Waals surface area contributed by atoms with Gasteiger partial charge in [-0.1, -0.05) is 0 Å². The third-order valence-corrected chi connectivity index (χ3v) is 5.62. The summed E-state index contributed by atoms with van der Waals surface area (Å²) in [6.45, 7) is 3.03. The lowest BCUT2D eigenvalue weighted by Crippen LogP contribution is -2.38. The van der Waals surface area contributed by atoms with Crippen molar-refractivity contribution in [1.82, 2.24) is 9.55 Å². The zero-order valence-electron chi connectivity index (χ0n) is 19.7. The second-order valence-electron chi connectivity index (χ2n) is 8.28. The first-order valence-corrected chi connectivity index (χ1v) is 10.6. The topological polar surface area (TPSA) is 137 Å². The van der Waals surface area contributed by atoms with Crippen molar-refractivity contribution in [3.05, 3.63) is 50.5 Å². The van der Waals surface area contributed by atoms with E-state index in [0.717, 1.165) is 10.8 Å². The quantitative estimate of drug-likeness (QED) is 0.552. The SMILES string of the molecule is COc1cc(OC)c(C(=O)OC[C@H]2O[C@@H](n3cc(F)c(=O)[nH]c3=O)[C@@H]3OC(C)(C)O[C@@H]32)c(OC)c1. The molecular weight excluding hydrogens is 471 g/mol. The summed E-state index contributed by atoms with van der Waals surface area (Å²) >= 11 is 0. The van der Waals surface area contributed by atoms with Crippen molar-refractivity contribution in [1.29, 1.82) is 0 Å². The largest absolute Gasteiger partial charge is 0.496 e. The number of ether oxygens (including phenoxy) is 7. The van der Waals surface area contributed by atoms with Crippen LogP contribution in [0.2, 0.25) is 0 Å². The maximum atomic E-state index is 13.9. The van der Waals surface area contributed by atoms with Crippen LogP contribution in [0.25, 0.3) is 0 Å². The smallest absolute Gasteiger partial charge is 0.345 e. The van der Waals surface area contributed by atoms with Crippen LogP contribution in [0.4, 0.5) is 4.39 Å². The number of fused-ring (bicyclic) bond motifs is 1. The first kappa shape index (κ1) is 24.7. The Morgan fingerprint density at radius 1 is 1.09 bits per heavy atom. The number of H-pyrrole nitrogens is 1. The summed E-state index contributed by atoms with van der Waals surface area (Å²) in [5.74, 6) is -2.23. The highest BCUT2D eigenvalue weighted by atomic mass is 19.1. The van der Waals surface area contributed by atoms with Crippen LogP contribution >= 0.6 is 0 Å². The van der Waals surface area contributed by atoms with Crippen molar-refractivity contribution in [3.8, 4) is 17.2 Å². The van der Waals surface area contributed by atoms with Gasteiger partial charge in [0.2, 0.25) is 5.82 Å². The van der Waals surface area contributed by atoms with Gasteiger partial charge in [0.05, 0.1) is 27.5 Å². The summed E-state index contributed by atoms with van der Waals surface area (Å²) in [6, 6.07) is 3.01. The molecule has 0 unspecified atom stereocenters. The van der Waals surface area contributed by atoms with Gasteiger partial charge >= 0.3 is 11.7 Å². The summed E-state index contributed by atoms with van der Waals surface area (Å²) in [6.07, 6.45) is -2.90. The molecule has 3 heterocycles. The molecule has 2 aliphatic heterocycles. The van der Waals surface area contributed by atoms with Gasteiger partial charge in [0, 0.05) is 12.1 Å². The van der Waals surface area contributed by atoms with E-state index in [2.05, 4.69) is 0 Å². The minimum Gasteiger partial charge on any atom is -0.496 e. The van der Waals surface area contributed by atoms with Crippen molar-refractivity contribution >= 4 is 5.97 Å². The molecule has 35 heavy (non-hydrogen) atoms. The maximum absolute atomic E-state index is 13.9. The Morgan fingerprint density at radius 3 is 2.31 bits per heavy atom. The monoisotopic (exact) mass is 496 g/mol. The maximum Gasteiger partial charge on any atom is 0.345 e. The van der Waals surface area contributed by atoms with Gasteiger partial charge in [-0.05, 0) is 13.8 Å². The van der Waals surface area contributed by atoms with E-state index in [0.29, 0.717) is 5.75 Å². The van der Waals surface area contributed by atoms with Crippen LogP contribution in [0.5, 0.6) is 17.2 Å². The Hall–Kier alpha value is -3.42. The molecule has 0 spiro atoms. The Morgan fingerprint density at radius 2 is 1.71 bits per heavy atom. The summed E-state index contributed by atoms with van der Waals surface area (Å²) in [4.78, 5) is 38.6. The van der Waals surface area contributed by atoms with Crippen molar-refractivity contribution in [2.24, 2.45) is 0 Å². The normalized spacial score (nSPS) is 24.6. The fourth-order valence-corrected chi connectivity index (χ4v) is 4.10. The number of methoxy groups -OCH3 is 3. The number of carbonyl (C=O) groups is 1. The average molecular weight is 496 g/mol. The van der Waals surface area contributed by atoms with E-state index in [1.54, 1.807) is 13.8 Å². The molecule has 1 aromatic heterocycles. The van der Waals surface area contributed by atoms with Crippen LogP contribution in [0.1, 0.15) is 30.4 Å². The zero-order chi connectivity index (χ0) is 25.5. The lowest BCUT2D eigenvalue weighted by Gasteiger charge is -2.24. The van der Waals surface area contributed by atoms with Gasteiger partial charge in [-0.15, -0.1) is 0 Å². The number of halogens is 1. The Bertz CT molecular complexity index is 1210. The molecule has 12 nitrogen and oxygen atoms in total. The first-order chi connectivity index (χ1) is 16.6. The first-order valence-electron chi connectivity index (χ1n) is 10.6. The number of hydrogen-bond donors (Lipinski definition) is 1. The standard InChI is InChI=1S/C22H25FN2O10/c1-22(2)34-16-14(33-19(17(16)35-22)25-8-11(23)18(26)24-21(25)28)9-32-20(27)15-12(30-4)6-10(29-3)7-13(15)31-5/h6-8,14,16-17,19H,9H2,1-5H3,(H,24,26,28)/t14-,16-,17-,19-/m1/s1. The predicted octanol–water partition coefficient (Wildman–Crippen LogP) is 0.976. The summed E-state index contributed by atoms with van der Waals surface area (Å²) in [5, 5.41) is 0. The summed E-state index contributed by atoms with van der Waals surface area (Å²) in [5.41, 5.74) is -2.01. The van der Waals surface area contributed by atoms with Gasteiger partial charge in [0.1, 0.15) is 47.7 Å². The second kappa shape index (κ2) is 9.32. The molecule has 0 saturated carbocycles. The van der Waals surface area contributed by atoms with E-state index in [1.807, 2.05) is 4.98 Å². The predicted molar refractivity (Wildman–Crippen MR) is 115 cm³/mol. The van der Waals surface area contributed by atoms with Crippen molar-refractivity contribution < 1.29 is 42.3 Å². The number of aromatic nitrogens is 2. The van der Waals surface area contributed by atoms with Crippen LogP contribution in [-0.4, -0.2) is 67.6 Å². The second-order valence-corrected chi connectivity index (χ2v) is 8.28. The molecule has 0 aliphatic carbocycles. The lowest BCUT2D eigenvalue weighted by atomic mass is 10.1. The number of nitrogens with one attached hydrogen (secondary N) is 1. The van der Waals surface area contributed by atoms with Gasteiger partial charge in [-0.2, -0.15) is 4.39 Å². The number of benzene rings is 1. The highest BCUT2D eigenvalue weighted by Gasteiger charge is 2.56. The highest BCUT2D eigenvalue weighted by Crippen LogP contribution is 2.43. The van der Waals surface area contributed by atoms with Crippen molar-refractivity contribution in [2.45, 2.75) is 44.2 Å². The molecular formula is C22H25FN2O10. The van der Waals surface area contributed by atoms with Gasteiger partial charge in [-0.3, -0.25) is 14.3 Å². The van der Waals surface area contributed by atoms with Crippen molar-refractivity contribution in [3.63, 3.8) is 0 Å². The van der Waals surface area contributed by atoms with E-state index in [1.165, 1.54) is 33.5 Å². The Labute approximate surface area is 198 Å². The minimum atomic E-state index is -1.17. The van der Waals surface area contributed by atoms with E-state index < -0.39 is 53.4 Å². The third kappa shape index (κ3) is 4.61. The molecule has 2 aliphatic rings. The fraction of sp³-hybridized carbons (Fsp3) is 0.500. The summed E-state index contributed by atoms with van der Waals surface area (Å²) in [7, 11) is 4.22. The van der Waals surface area contributed by atoms with Crippen molar-refractivity contribution in [2.75, 3.05) is 27.9 Å². The average Bonchev–Trinajstić information content (AvgIpc) is 3.31. The van der Waals surface area contributed by atoms with E-state index in [4.69, 9.17) is 33.2 Å². The van der Waals surface area contributed by atoms with E-state index >= 15 is 0 Å². The molecule has 1 aromatic carbocycles. The minimum absolute atomic E-state index is 0.0322. The number of esters is 1. The molecule has 0 amide bonds. The molecule has 2 saturated heterocycles. The number of aromatic amines is 1. The molecule has 2 aromatic rings. The fourth-order valence-electron chi connectivity index (χ4n) is 4.10. The molecule has 4 atom stereocenters. The Balaban J connectivity index is 1.59. The molecule has 1 N–H and O–H groups in total. The number of hydrogen-bond acceptors (Lipinski definition) is 10. The Kier molecular flexibility index (Phi) is 6.58. The van der Waals surface area contributed by atoms with Crippen LogP contribution in [0, 0.1) is 5.82 Å². The molecule has 0 bridgehead atoms. The third-order valence-electron chi connectivity index (χ3n) is 5.62. The van der Waals surface area contributed by atoms with E-state index in [-0.39, 0.29) is 23.7 Å². The van der Waals surface area contributed by atoms with Crippen LogP contribution < -0.4 is 25.5 Å². The molecule has 13 heteroatoms. The van der Waals surface area contributed by atoms with E-state index in [9.17, 15) is 18.8 Å². The van der Waals surface area contributed by atoms with Gasteiger partial charge in [0.15, 0.2) is 12.0 Å². The van der Waals surface area contributed by atoms with Crippen LogP contribution in [0.3, 0.4) is 0 Å². The zero-order valence-corrected chi connectivity index (χ0v) is 19.7.